The number of hydrogen-bond donors (Lipinski definition) is 4. The van der Waals surface area contributed by atoms with Gasteiger partial charge in [0, 0.05) is 87.3 Å². The van der Waals surface area contributed by atoms with Crippen molar-refractivity contribution in [1.82, 2.24) is 24.5 Å². The molecule has 5 heterocycles. The smallest absolute Gasteiger partial charge is 0.293 e. The highest BCUT2D eigenvalue weighted by Gasteiger charge is 2.50. The summed E-state index contributed by atoms with van der Waals surface area (Å²) in [6.45, 7) is 13.2. The minimum atomic E-state index is -4.59. The van der Waals surface area contributed by atoms with Crippen LogP contribution >= 0.6 is 0 Å². The van der Waals surface area contributed by atoms with Crippen molar-refractivity contribution in [3.63, 3.8) is 0 Å². The average molecular weight is 1050 g/mol. The number of nitrogens with zero attached hydrogens (tertiary/aromatic N) is 5. The summed E-state index contributed by atoms with van der Waals surface area (Å²) in [6, 6.07) is 29.0. The lowest BCUT2D eigenvalue weighted by atomic mass is 9.59. The molecule has 2 saturated carbocycles. The number of anilines is 2. The number of fused-ring (bicyclic) bond motifs is 2. The maximum atomic E-state index is 14.1. The zero-order valence-corrected chi connectivity index (χ0v) is 44.6. The Morgan fingerprint density at radius 2 is 1.78 bits per heavy atom. The number of sulfonamides is 1. The van der Waals surface area contributed by atoms with Crippen LogP contribution in [0.15, 0.2) is 108 Å². The van der Waals surface area contributed by atoms with Crippen molar-refractivity contribution >= 4 is 44.0 Å². The predicted molar refractivity (Wildman–Crippen MR) is 294 cm³/mol. The molecule has 0 radical (unpaired) electrons. The van der Waals surface area contributed by atoms with Crippen LogP contribution in [0.2, 0.25) is 0 Å². The maximum absolute atomic E-state index is 14.1. The number of piperidine rings is 1. The second kappa shape index (κ2) is 21.1. The summed E-state index contributed by atoms with van der Waals surface area (Å²) in [5.74, 6) is 1.22. The van der Waals surface area contributed by atoms with Gasteiger partial charge in [-0.05, 0) is 153 Å². The first-order valence-corrected chi connectivity index (χ1v) is 28.7. The van der Waals surface area contributed by atoms with E-state index in [0.29, 0.717) is 48.8 Å². The topological polar surface area (TPSA) is 195 Å². The Bertz CT molecular complexity index is 3220. The molecule has 400 valence electrons. The SMILES string of the molecule is CC(C)c1ccccc1C1CN(Cc2ccc3c(c2)CCCO3)CCN1C1CC2(CCN(c3ccc(C(=O)NS(=O)(=O)c4ccc(NCC5CCC(C)(O)CC5)c([N+](=O)[O-])c4)c(Oc4cnc5[nH]ccc5c4)c3)CC2)C1. The van der Waals surface area contributed by atoms with E-state index < -0.39 is 37.0 Å². The quantitative estimate of drug-likeness (QED) is 0.0561. The minimum Gasteiger partial charge on any atom is -0.493 e. The van der Waals surface area contributed by atoms with E-state index in [1.807, 2.05) is 19.1 Å². The number of benzene rings is 4. The lowest BCUT2D eigenvalue weighted by molar-refractivity contribution is -0.384. The molecule has 17 heteroatoms. The van der Waals surface area contributed by atoms with Gasteiger partial charge in [0.15, 0.2) is 0 Å². The molecular weight excluding hydrogens is 981 g/mol. The van der Waals surface area contributed by atoms with E-state index >= 15 is 0 Å². The van der Waals surface area contributed by atoms with E-state index in [9.17, 15) is 28.4 Å². The summed E-state index contributed by atoms with van der Waals surface area (Å²) < 4.78 is 42.3. The third kappa shape index (κ3) is 11.0. The number of carbonyl (C=O) groups excluding carboxylic acids is 1. The third-order valence-corrected chi connectivity index (χ3v) is 18.5. The predicted octanol–water partition coefficient (Wildman–Crippen LogP) is 10.5. The van der Waals surface area contributed by atoms with E-state index in [-0.39, 0.29) is 28.3 Å². The van der Waals surface area contributed by atoms with E-state index in [4.69, 9.17) is 9.47 Å². The van der Waals surface area contributed by atoms with Gasteiger partial charge >= 0.3 is 0 Å². The van der Waals surface area contributed by atoms with Gasteiger partial charge in [-0.3, -0.25) is 24.7 Å². The first-order valence-electron chi connectivity index (χ1n) is 27.2. The van der Waals surface area contributed by atoms with Crippen LogP contribution in [-0.2, 0) is 23.0 Å². The van der Waals surface area contributed by atoms with Gasteiger partial charge in [0.1, 0.15) is 28.6 Å². The molecule has 3 aliphatic heterocycles. The normalized spacial score (nSPS) is 22.2. The first kappa shape index (κ1) is 51.6. The number of H-pyrrole nitrogens is 1. The molecule has 1 unspecified atom stereocenters. The Morgan fingerprint density at radius 3 is 2.57 bits per heavy atom. The standard InChI is InChI=1S/C59H70N8O8S/c1-39(2)48-8-4-5-9-49(48)53-38-64(37-41-10-15-54-42(29-41)7-6-28-74-54)26-27-66(53)45-33-59(34-45)21-24-65(25-22-59)44-11-13-50(55(31-44)75-46-30-43-18-23-60-56(43)62-36-46)57(68)63-76(72,73)47-12-14-51(52(32-47)67(70)71)61-35-40-16-19-58(3,69)20-17-40/h4-5,8-15,18,23,29-32,36,39-40,45,53,61,69H,6-7,16-17,19-22,24-28,33-35,37-38H2,1-3H3,(H,60,62)(H,63,68). The van der Waals surface area contributed by atoms with Crippen molar-refractivity contribution < 1.29 is 32.7 Å². The van der Waals surface area contributed by atoms with Gasteiger partial charge in [0.2, 0.25) is 0 Å². The zero-order chi connectivity index (χ0) is 52.8. The molecule has 1 atom stereocenters. The van der Waals surface area contributed by atoms with E-state index in [1.54, 1.807) is 30.6 Å². The Labute approximate surface area is 445 Å². The maximum Gasteiger partial charge on any atom is 0.293 e. The number of nitro groups is 1. The largest absolute Gasteiger partial charge is 0.493 e. The summed E-state index contributed by atoms with van der Waals surface area (Å²) in [4.78, 5) is 40.7. The molecule has 6 aromatic rings. The number of hydrogen-bond acceptors (Lipinski definition) is 13. The van der Waals surface area contributed by atoms with Gasteiger partial charge in [-0.1, -0.05) is 50.2 Å². The number of aliphatic hydroxyl groups is 1. The van der Waals surface area contributed by atoms with Crippen LogP contribution in [0.1, 0.15) is 123 Å². The van der Waals surface area contributed by atoms with Crippen LogP contribution in [0.5, 0.6) is 17.2 Å². The summed E-state index contributed by atoms with van der Waals surface area (Å²) in [7, 11) is -4.59. The molecule has 4 aromatic carbocycles. The van der Waals surface area contributed by atoms with Crippen LogP contribution in [0.3, 0.4) is 0 Å². The minimum absolute atomic E-state index is 0.0259. The monoisotopic (exact) mass is 1050 g/mol. The molecule has 1 spiro atoms. The van der Waals surface area contributed by atoms with E-state index in [2.05, 4.69) is 91.0 Å². The van der Waals surface area contributed by atoms with Gasteiger partial charge < -0.3 is 29.8 Å². The van der Waals surface area contributed by atoms with Crippen molar-refractivity contribution in [2.24, 2.45) is 11.3 Å². The Morgan fingerprint density at radius 1 is 0.974 bits per heavy atom. The summed E-state index contributed by atoms with van der Waals surface area (Å²) >= 11 is 0. The van der Waals surface area contributed by atoms with Gasteiger partial charge in [-0.2, -0.15) is 0 Å². The molecule has 2 aliphatic carbocycles. The number of carbonyl (C=O) groups is 1. The molecule has 11 rings (SSSR count). The van der Waals surface area contributed by atoms with Crippen LogP contribution in [-0.4, -0.2) is 102 Å². The lowest BCUT2D eigenvalue weighted by Crippen LogP contribution is -2.60. The molecule has 4 fully saturated rings. The number of pyridine rings is 1. The third-order valence-electron chi connectivity index (χ3n) is 17.1. The molecule has 4 N–H and O–H groups in total. The molecule has 76 heavy (non-hydrogen) atoms. The van der Waals surface area contributed by atoms with Gasteiger partial charge in [-0.15, -0.1) is 0 Å². The van der Waals surface area contributed by atoms with Crippen molar-refractivity contribution in [2.75, 3.05) is 56.1 Å². The Kier molecular flexibility index (Phi) is 14.3. The molecular formula is C59H70N8O8S. The highest BCUT2D eigenvalue weighted by Crippen LogP contribution is 2.53. The van der Waals surface area contributed by atoms with Crippen molar-refractivity contribution in [2.45, 2.75) is 120 Å². The van der Waals surface area contributed by atoms with Crippen molar-refractivity contribution in [1.29, 1.82) is 0 Å². The van der Waals surface area contributed by atoms with Crippen LogP contribution in [0.4, 0.5) is 17.1 Å². The number of nitro benzene ring substituents is 1. The number of aromatic nitrogens is 2. The molecule has 2 saturated heterocycles. The van der Waals surface area contributed by atoms with Crippen LogP contribution in [0.25, 0.3) is 11.0 Å². The Hall–Kier alpha value is -6.53. The summed E-state index contributed by atoms with van der Waals surface area (Å²) in [5, 5.41) is 26.5. The number of ether oxygens (including phenoxy) is 2. The molecule has 0 bridgehead atoms. The van der Waals surface area contributed by atoms with E-state index in [0.717, 1.165) is 120 Å². The number of piperazine rings is 1. The zero-order valence-electron chi connectivity index (χ0n) is 43.8. The highest BCUT2D eigenvalue weighted by atomic mass is 32.2. The highest BCUT2D eigenvalue weighted by molar-refractivity contribution is 7.90. The molecule has 5 aliphatic rings. The summed E-state index contributed by atoms with van der Waals surface area (Å²) in [5.41, 5.74) is 6.31. The van der Waals surface area contributed by atoms with Crippen molar-refractivity contribution in [3.05, 3.63) is 141 Å². The number of aryl methyl sites for hydroxylation is 1. The second-order valence-corrected chi connectivity index (χ2v) is 24.5. The van der Waals surface area contributed by atoms with Gasteiger partial charge in [0.25, 0.3) is 21.6 Å². The van der Waals surface area contributed by atoms with Gasteiger partial charge in [-0.25, -0.2) is 18.1 Å². The fourth-order valence-electron chi connectivity index (χ4n) is 12.7. The number of nitrogens with one attached hydrogen (secondary N) is 3. The second-order valence-electron chi connectivity index (χ2n) is 22.8. The lowest BCUT2D eigenvalue weighted by Gasteiger charge is -2.58. The molecule has 1 amide bonds. The number of amides is 1. The fraction of sp³-hybridized carbons (Fsp3) is 0.458. The first-order chi connectivity index (χ1) is 36.6. The average Bonchev–Trinajstić information content (AvgIpc) is 3.88. The molecule has 2 aromatic heterocycles. The van der Waals surface area contributed by atoms with E-state index in [1.165, 1.54) is 34.4 Å². The van der Waals surface area contributed by atoms with Crippen molar-refractivity contribution in [3.8, 4) is 17.2 Å². The van der Waals surface area contributed by atoms with Gasteiger partial charge in [0.05, 0.1) is 33.8 Å². The Balaban J connectivity index is 0.776. The van der Waals surface area contributed by atoms with Crippen LogP contribution < -0.4 is 24.4 Å². The van der Waals surface area contributed by atoms with Crippen LogP contribution in [0, 0.1) is 21.4 Å². The molecule has 16 nitrogen and oxygen atoms in total. The number of aromatic amines is 1. The summed E-state index contributed by atoms with van der Waals surface area (Å²) in [6.07, 6.45) is 12.6. The number of rotatable bonds is 15. The fourth-order valence-corrected chi connectivity index (χ4v) is 13.7.